The number of likely N-dealkylation sites (tertiary alicyclic amines) is 1. The first-order valence-electron chi connectivity index (χ1n) is 14.2. The number of amides is 1. The zero-order valence-electron chi connectivity index (χ0n) is 24.6. The average Bonchev–Trinajstić information content (AvgIpc) is 2.95. The number of halogens is 6. The van der Waals surface area contributed by atoms with E-state index < -0.39 is 45.1 Å². The first-order valence-corrected chi connectivity index (χ1v) is 15.1. The number of ether oxygens (including phenoxy) is 1. The van der Waals surface area contributed by atoms with Crippen molar-refractivity contribution < 1.29 is 40.7 Å². The highest BCUT2D eigenvalue weighted by molar-refractivity contribution is 7.99. The van der Waals surface area contributed by atoms with Crippen LogP contribution in [0.15, 0.2) is 58.5 Å². The molecule has 0 aromatic heterocycles. The summed E-state index contributed by atoms with van der Waals surface area (Å²) in [5, 5.41) is 3.33. The fourth-order valence-electron chi connectivity index (χ4n) is 5.15. The molecular formula is C31H35F6N3O3S. The first-order chi connectivity index (χ1) is 20.5. The molecule has 0 saturated carbocycles. The monoisotopic (exact) mass is 643 g/mol. The lowest BCUT2D eigenvalue weighted by Crippen LogP contribution is -2.46. The smallest absolute Gasteiger partial charge is 0.382 e. The molecule has 2 heterocycles. The third-order valence-corrected chi connectivity index (χ3v) is 8.39. The molecule has 2 saturated heterocycles. The molecule has 0 aliphatic carbocycles. The Balaban J connectivity index is 1.56. The van der Waals surface area contributed by atoms with Crippen molar-refractivity contribution in [3.8, 4) is 0 Å². The third-order valence-electron chi connectivity index (χ3n) is 7.34. The minimum atomic E-state index is -5.44. The molecule has 1 amide bonds. The van der Waals surface area contributed by atoms with Crippen molar-refractivity contribution in [2.45, 2.75) is 61.8 Å². The summed E-state index contributed by atoms with van der Waals surface area (Å²) in [6, 6.07) is 8.16. The van der Waals surface area contributed by atoms with Gasteiger partial charge in [0.25, 0.3) is 0 Å². The maximum Gasteiger partial charge on any atom is 0.418 e. The van der Waals surface area contributed by atoms with Gasteiger partial charge in [-0.05, 0) is 43.2 Å². The van der Waals surface area contributed by atoms with Gasteiger partial charge in [-0.1, -0.05) is 38.6 Å². The first kappa shape index (κ1) is 33.7. The Morgan fingerprint density at radius 1 is 0.909 bits per heavy atom. The molecule has 6 nitrogen and oxygen atoms in total. The summed E-state index contributed by atoms with van der Waals surface area (Å²) < 4.78 is 90.8. The Morgan fingerprint density at radius 2 is 1.55 bits per heavy atom. The van der Waals surface area contributed by atoms with Gasteiger partial charge in [0.2, 0.25) is 5.91 Å². The van der Waals surface area contributed by atoms with Gasteiger partial charge in [0.1, 0.15) is 0 Å². The molecule has 44 heavy (non-hydrogen) atoms. The number of anilines is 1. The lowest BCUT2D eigenvalue weighted by molar-refractivity contribution is -0.163. The van der Waals surface area contributed by atoms with E-state index in [1.165, 1.54) is 12.3 Å². The fourth-order valence-corrected chi connectivity index (χ4v) is 6.19. The molecule has 1 N–H and O–H groups in total. The van der Waals surface area contributed by atoms with Crippen LogP contribution in [0.5, 0.6) is 0 Å². The maximum absolute atomic E-state index is 14.3. The Labute approximate surface area is 256 Å². The predicted octanol–water partition coefficient (Wildman–Crippen LogP) is 7.35. The van der Waals surface area contributed by atoms with E-state index in [1.807, 2.05) is 25.7 Å². The van der Waals surface area contributed by atoms with Gasteiger partial charge in [0.15, 0.2) is 5.78 Å². The van der Waals surface area contributed by atoms with Crippen molar-refractivity contribution in [2.75, 3.05) is 44.7 Å². The number of morpholine rings is 1. The topological polar surface area (TPSA) is 61.9 Å². The summed E-state index contributed by atoms with van der Waals surface area (Å²) in [5.74, 6) is -1.11. The van der Waals surface area contributed by atoms with E-state index in [9.17, 15) is 35.9 Å². The van der Waals surface area contributed by atoms with Crippen LogP contribution in [-0.4, -0.2) is 66.9 Å². The fraction of sp³-hybridized carbons (Fsp3) is 0.484. The standard InChI is InChI=1S/C31H35F6N3O3S/c1-29(2,3)28(42)40-13-9-20(10-14-40)38-21-5-4-6-22(19-21)44-25-8-7-23(24(41)11-12-39-15-17-43-18-16-39)26(30(32,33)34)27(25)31(35,36)37/h4-8,11-12,19-20,38H,9-10,13-18H2,1-3H3. The molecule has 0 radical (unpaired) electrons. The Bertz CT molecular complexity index is 1370. The van der Waals surface area contributed by atoms with Crippen LogP contribution in [0.3, 0.4) is 0 Å². The van der Waals surface area contributed by atoms with E-state index >= 15 is 0 Å². The lowest BCUT2D eigenvalue weighted by Gasteiger charge is -2.36. The molecular weight excluding hydrogens is 608 g/mol. The Morgan fingerprint density at radius 3 is 2.14 bits per heavy atom. The van der Waals surface area contributed by atoms with E-state index in [4.69, 9.17) is 4.74 Å². The van der Waals surface area contributed by atoms with Crippen LogP contribution in [0.25, 0.3) is 0 Å². The average molecular weight is 644 g/mol. The highest BCUT2D eigenvalue weighted by atomic mass is 32.2. The Hall–Kier alpha value is -3.19. The number of benzene rings is 2. The number of ketones is 1. The summed E-state index contributed by atoms with van der Waals surface area (Å²) in [7, 11) is 0. The molecule has 2 aliphatic rings. The minimum absolute atomic E-state index is 0.0117. The predicted molar refractivity (Wildman–Crippen MR) is 156 cm³/mol. The second kappa shape index (κ2) is 13.4. The number of rotatable bonds is 7. The lowest BCUT2D eigenvalue weighted by atomic mass is 9.93. The Kier molecular flexibility index (Phi) is 10.3. The number of alkyl halides is 6. The van der Waals surface area contributed by atoms with Gasteiger partial charge in [0, 0.05) is 71.0 Å². The summed E-state index contributed by atoms with van der Waals surface area (Å²) in [5.41, 5.74) is -4.85. The summed E-state index contributed by atoms with van der Waals surface area (Å²) in [6.45, 7) is 8.25. The zero-order valence-corrected chi connectivity index (χ0v) is 25.5. The van der Waals surface area contributed by atoms with Crippen LogP contribution in [0.4, 0.5) is 32.0 Å². The van der Waals surface area contributed by atoms with Crippen LogP contribution in [0.1, 0.15) is 55.1 Å². The van der Waals surface area contributed by atoms with E-state index in [0.29, 0.717) is 74.6 Å². The number of nitrogens with zero attached hydrogens (tertiary/aromatic N) is 2. The second-order valence-electron chi connectivity index (χ2n) is 11.8. The minimum Gasteiger partial charge on any atom is -0.382 e. The van der Waals surface area contributed by atoms with Crippen molar-refractivity contribution in [2.24, 2.45) is 5.41 Å². The van der Waals surface area contributed by atoms with Gasteiger partial charge in [-0.3, -0.25) is 9.59 Å². The van der Waals surface area contributed by atoms with Gasteiger partial charge in [-0.15, -0.1) is 0 Å². The van der Waals surface area contributed by atoms with Crippen molar-refractivity contribution >= 4 is 29.1 Å². The molecule has 2 aliphatic heterocycles. The largest absolute Gasteiger partial charge is 0.418 e. The van der Waals surface area contributed by atoms with Crippen molar-refractivity contribution in [3.63, 3.8) is 0 Å². The number of hydrogen-bond acceptors (Lipinski definition) is 6. The molecule has 240 valence electrons. The maximum atomic E-state index is 14.3. The number of carbonyl (C=O) groups is 2. The van der Waals surface area contributed by atoms with Crippen LogP contribution in [0.2, 0.25) is 0 Å². The van der Waals surface area contributed by atoms with E-state index in [-0.39, 0.29) is 11.9 Å². The molecule has 0 atom stereocenters. The van der Waals surface area contributed by atoms with Crippen LogP contribution < -0.4 is 5.32 Å². The highest BCUT2D eigenvalue weighted by Crippen LogP contribution is 2.48. The van der Waals surface area contributed by atoms with Gasteiger partial charge in [0.05, 0.1) is 24.3 Å². The quantitative estimate of drug-likeness (QED) is 0.194. The SMILES string of the molecule is CC(C)(C)C(=O)N1CCC(Nc2cccc(Sc3ccc(C(=O)C=CN4CCOCC4)c(C(F)(F)F)c3C(F)(F)F)c2)CC1. The molecule has 0 unspecified atom stereocenters. The van der Waals surface area contributed by atoms with Gasteiger partial charge in [-0.25, -0.2) is 0 Å². The highest BCUT2D eigenvalue weighted by Gasteiger charge is 2.47. The molecule has 0 bridgehead atoms. The van der Waals surface area contributed by atoms with Gasteiger partial charge >= 0.3 is 12.4 Å². The number of piperidine rings is 1. The number of nitrogens with one attached hydrogen (secondary N) is 1. The van der Waals surface area contributed by atoms with Crippen LogP contribution >= 0.6 is 11.8 Å². The summed E-state index contributed by atoms with van der Waals surface area (Å²) in [6.07, 6.45) is -7.34. The summed E-state index contributed by atoms with van der Waals surface area (Å²) >= 11 is 0.547. The number of allylic oxidation sites excluding steroid dienone is 1. The molecule has 4 rings (SSSR count). The van der Waals surface area contributed by atoms with E-state index in [2.05, 4.69) is 5.32 Å². The van der Waals surface area contributed by atoms with Crippen molar-refractivity contribution in [1.29, 1.82) is 0 Å². The normalized spacial score (nSPS) is 17.3. The van der Waals surface area contributed by atoms with Gasteiger partial charge in [-0.2, -0.15) is 26.3 Å². The molecule has 13 heteroatoms. The number of carbonyl (C=O) groups excluding carboxylic acids is 2. The van der Waals surface area contributed by atoms with Crippen LogP contribution in [0, 0.1) is 5.41 Å². The van der Waals surface area contributed by atoms with Crippen molar-refractivity contribution in [1.82, 2.24) is 9.80 Å². The molecule has 2 aromatic carbocycles. The zero-order chi connectivity index (χ0) is 32.3. The second-order valence-corrected chi connectivity index (χ2v) is 12.9. The number of hydrogen-bond donors (Lipinski definition) is 1. The van der Waals surface area contributed by atoms with Crippen LogP contribution in [-0.2, 0) is 21.9 Å². The van der Waals surface area contributed by atoms with Gasteiger partial charge < -0.3 is 19.9 Å². The summed E-state index contributed by atoms with van der Waals surface area (Å²) in [4.78, 5) is 28.5. The van der Waals surface area contributed by atoms with Crippen molar-refractivity contribution in [3.05, 3.63) is 65.4 Å². The third kappa shape index (κ3) is 8.50. The van der Waals surface area contributed by atoms with E-state index in [0.717, 1.165) is 18.2 Å². The molecule has 2 aromatic rings. The molecule has 0 spiro atoms. The van der Waals surface area contributed by atoms with E-state index in [1.54, 1.807) is 23.1 Å². The molecule has 2 fully saturated rings.